The molecule has 3 heterocycles. The van der Waals surface area contributed by atoms with E-state index in [9.17, 15) is 15.1 Å². The number of aromatic nitrogens is 2. The Morgan fingerprint density at radius 3 is 3.10 bits per heavy atom. The number of primary amides is 1. The zero-order valence-electron chi connectivity index (χ0n) is 15.8. The molecule has 2 aromatic rings. The number of nitrogens with one attached hydrogen (secondary N) is 1. The minimum absolute atomic E-state index is 0.226. The number of amides is 1. The van der Waals surface area contributed by atoms with Crippen LogP contribution < -0.4 is 15.7 Å². The molecule has 1 saturated heterocycles. The van der Waals surface area contributed by atoms with Crippen molar-refractivity contribution in [2.45, 2.75) is 19.4 Å². The molecule has 148 valence electrons. The maximum atomic E-state index is 12.0. The third-order valence-corrected chi connectivity index (χ3v) is 5.14. The molecule has 29 heavy (non-hydrogen) atoms. The van der Waals surface area contributed by atoms with Gasteiger partial charge in [-0.3, -0.25) is 9.48 Å². The summed E-state index contributed by atoms with van der Waals surface area (Å²) in [6.07, 6.45) is 2.16. The first-order valence-corrected chi connectivity index (χ1v) is 9.27. The molecule has 2 atom stereocenters. The quantitative estimate of drug-likeness (QED) is 0.672. The van der Waals surface area contributed by atoms with E-state index in [4.69, 9.17) is 15.1 Å². The lowest BCUT2D eigenvalue weighted by atomic mass is 9.82. The fourth-order valence-corrected chi connectivity index (χ4v) is 3.59. The van der Waals surface area contributed by atoms with Gasteiger partial charge < -0.3 is 25.5 Å². The highest BCUT2D eigenvalue weighted by atomic mass is 16.5. The SMILES string of the molecule is CC1=CB(O)Oc2ccc(Nc3nn(C4COCC[C@@H]4C#N)cc3C(N)=O)cc21. The number of benzene rings is 1. The lowest BCUT2D eigenvalue weighted by Gasteiger charge is -2.26. The van der Waals surface area contributed by atoms with Crippen molar-refractivity contribution >= 4 is 30.1 Å². The molecule has 4 rings (SSSR count). The Hall–Kier alpha value is -3.29. The number of hydrogen-bond donors (Lipinski definition) is 3. The van der Waals surface area contributed by atoms with Gasteiger partial charge in [-0.25, -0.2) is 0 Å². The predicted molar refractivity (Wildman–Crippen MR) is 106 cm³/mol. The van der Waals surface area contributed by atoms with Crippen LogP contribution in [0.2, 0.25) is 0 Å². The van der Waals surface area contributed by atoms with Crippen molar-refractivity contribution in [3.8, 4) is 11.8 Å². The van der Waals surface area contributed by atoms with E-state index in [-0.39, 0.29) is 17.5 Å². The van der Waals surface area contributed by atoms with Gasteiger partial charge in [-0.15, -0.1) is 0 Å². The van der Waals surface area contributed by atoms with Crippen LogP contribution in [0.25, 0.3) is 5.57 Å². The van der Waals surface area contributed by atoms with E-state index in [0.29, 0.717) is 36.9 Å². The van der Waals surface area contributed by atoms with Crippen LogP contribution in [-0.2, 0) is 4.74 Å². The number of allylic oxidation sites excluding steroid dienone is 1. The van der Waals surface area contributed by atoms with Gasteiger partial charge in [-0.05, 0) is 43.1 Å². The van der Waals surface area contributed by atoms with Gasteiger partial charge in [0.1, 0.15) is 11.3 Å². The predicted octanol–water partition coefficient (Wildman–Crippen LogP) is 1.64. The average Bonchev–Trinajstić information content (AvgIpc) is 3.12. The number of nitrogens with two attached hydrogens (primary N) is 1. The van der Waals surface area contributed by atoms with Gasteiger partial charge in [0.25, 0.3) is 5.91 Å². The van der Waals surface area contributed by atoms with Crippen LogP contribution in [0.15, 0.2) is 30.4 Å². The van der Waals surface area contributed by atoms with Crippen LogP contribution in [0, 0.1) is 17.2 Å². The Morgan fingerprint density at radius 1 is 1.52 bits per heavy atom. The van der Waals surface area contributed by atoms with Gasteiger partial charge in [0.15, 0.2) is 5.82 Å². The Morgan fingerprint density at radius 2 is 2.34 bits per heavy atom. The number of fused-ring (bicyclic) bond motifs is 1. The summed E-state index contributed by atoms with van der Waals surface area (Å²) >= 11 is 0. The zero-order chi connectivity index (χ0) is 20.5. The van der Waals surface area contributed by atoms with Crippen molar-refractivity contribution < 1.29 is 19.2 Å². The highest BCUT2D eigenvalue weighted by Gasteiger charge is 2.30. The van der Waals surface area contributed by atoms with Gasteiger partial charge in [0, 0.05) is 24.1 Å². The Labute approximate surface area is 167 Å². The van der Waals surface area contributed by atoms with Crippen LogP contribution in [0.3, 0.4) is 0 Å². The molecule has 4 N–H and O–H groups in total. The molecule has 0 radical (unpaired) electrons. The molecule has 2 aliphatic rings. The van der Waals surface area contributed by atoms with Gasteiger partial charge in [-0.2, -0.15) is 10.4 Å². The highest BCUT2D eigenvalue weighted by Crippen LogP contribution is 2.34. The first kappa shape index (κ1) is 19.0. The molecular formula is C19H20BN5O4. The molecule has 2 aliphatic heterocycles. The lowest BCUT2D eigenvalue weighted by Crippen LogP contribution is -2.29. The van der Waals surface area contributed by atoms with E-state index in [0.717, 1.165) is 11.1 Å². The van der Waals surface area contributed by atoms with Crippen molar-refractivity contribution in [3.63, 3.8) is 0 Å². The third-order valence-electron chi connectivity index (χ3n) is 5.14. The molecule has 1 unspecified atom stereocenters. The Kier molecular flexibility index (Phi) is 5.00. The van der Waals surface area contributed by atoms with E-state index in [1.807, 2.05) is 13.0 Å². The number of anilines is 2. The summed E-state index contributed by atoms with van der Waals surface area (Å²) in [5.41, 5.74) is 8.15. The number of nitrogens with zero attached hydrogens (tertiary/aromatic N) is 3. The molecule has 1 aromatic carbocycles. The highest BCUT2D eigenvalue weighted by molar-refractivity contribution is 6.52. The second-order valence-corrected chi connectivity index (χ2v) is 7.10. The topological polar surface area (TPSA) is 135 Å². The smallest absolute Gasteiger partial charge is 0.532 e. The van der Waals surface area contributed by atoms with E-state index < -0.39 is 13.0 Å². The lowest BCUT2D eigenvalue weighted by molar-refractivity contribution is 0.0342. The van der Waals surface area contributed by atoms with Gasteiger partial charge in [-0.1, -0.05) is 0 Å². The van der Waals surface area contributed by atoms with E-state index in [2.05, 4.69) is 16.5 Å². The summed E-state index contributed by atoms with van der Waals surface area (Å²) in [6.45, 7) is 2.76. The minimum atomic E-state index is -0.968. The molecule has 0 spiro atoms. The van der Waals surface area contributed by atoms with Crippen LogP contribution >= 0.6 is 0 Å². The van der Waals surface area contributed by atoms with Crippen molar-refractivity contribution in [1.82, 2.24) is 9.78 Å². The summed E-state index contributed by atoms with van der Waals surface area (Å²) in [6, 6.07) is 7.34. The number of hydrogen-bond acceptors (Lipinski definition) is 7. The third kappa shape index (κ3) is 3.70. The fourth-order valence-electron chi connectivity index (χ4n) is 3.59. The van der Waals surface area contributed by atoms with Gasteiger partial charge in [0.05, 0.1) is 24.6 Å². The van der Waals surface area contributed by atoms with Crippen LogP contribution in [0.4, 0.5) is 11.5 Å². The van der Waals surface area contributed by atoms with Gasteiger partial charge >= 0.3 is 7.12 Å². The number of carbonyl (C=O) groups is 1. The molecule has 0 aliphatic carbocycles. The number of rotatable bonds is 4. The Balaban J connectivity index is 1.65. The largest absolute Gasteiger partial charge is 0.552 e. The molecule has 1 amide bonds. The van der Waals surface area contributed by atoms with Crippen LogP contribution in [0.1, 0.15) is 35.3 Å². The van der Waals surface area contributed by atoms with Crippen molar-refractivity contribution in [1.29, 1.82) is 5.26 Å². The molecule has 0 bridgehead atoms. The average molecular weight is 393 g/mol. The first-order chi connectivity index (χ1) is 14.0. The number of carbonyl (C=O) groups excluding carboxylic acids is 1. The number of ether oxygens (including phenoxy) is 1. The summed E-state index contributed by atoms with van der Waals surface area (Å²) in [7, 11) is -0.968. The first-order valence-electron chi connectivity index (χ1n) is 9.27. The van der Waals surface area contributed by atoms with Crippen LogP contribution in [0.5, 0.6) is 5.75 Å². The van der Waals surface area contributed by atoms with E-state index in [1.165, 1.54) is 0 Å². The standard InChI is InChI=1S/C19H20BN5O4/c1-11-7-20(27)29-17-3-2-13(6-14(11)17)23-19-15(18(22)26)9-25(24-19)16-10-28-5-4-12(16)8-21/h2-3,6-7,9,12,16,27H,4-5,10H2,1H3,(H2,22,26)(H,23,24)/t12-,16?/m1/s1. The summed E-state index contributed by atoms with van der Waals surface area (Å²) in [5, 5.41) is 26.7. The summed E-state index contributed by atoms with van der Waals surface area (Å²) < 4.78 is 12.5. The second-order valence-electron chi connectivity index (χ2n) is 7.10. The van der Waals surface area contributed by atoms with E-state index in [1.54, 1.807) is 29.0 Å². The molecule has 10 heteroatoms. The maximum absolute atomic E-state index is 12.0. The van der Waals surface area contributed by atoms with Gasteiger partial charge in [0.2, 0.25) is 0 Å². The fraction of sp³-hybridized carbons (Fsp3) is 0.316. The van der Waals surface area contributed by atoms with Crippen molar-refractivity contribution in [2.75, 3.05) is 18.5 Å². The van der Waals surface area contributed by atoms with Crippen LogP contribution in [-0.4, -0.2) is 41.0 Å². The summed E-state index contributed by atoms with van der Waals surface area (Å²) in [5.74, 6) is 1.61. The van der Waals surface area contributed by atoms with E-state index >= 15 is 0 Å². The zero-order valence-corrected chi connectivity index (χ0v) is 15.8. The van der Waals surface area contributed by atoms with Crippen molar-refractivity contribution in [2.24, 2.45) is 11.7 Å². The molecule has 1 fully saturated rings. The minimum Gasteiger partial charge on any atom is -0.532 e. The molecule has 9 nitrogen and oxygen atoms in total. The number of nitriles is 1. The normalized spacial score (nSPS) is 20.9. The summed E-state index contributed by atoms with van der Waals surface area (Å²) in [4.78, 5) is 12.0. The maximum Gasteiger partial charge on any atom is 0.552 e. The molecule has 1 aromatic heterocycles. The second kappa shape index (κ2) is 7.62. The molecule has 0 saturated carbocycles. The molecular weight excluding hydrogens is 373 g/mol. The van der Waals surface area contributed by atoms with Crippen molar-refractivity contribution in [3.05, 3.63) is 41.5 Å². The Bertz CT molecular complexity index is 1030. The monoisotopic (exact) mass is 393 g/mol.